The third-order valence-electron chi connectivity index (χ3n) is 6.13. The number of aryl methyl sites for hydroxylation is 1. The number of nitrogens with one attached hydrogen (secondary N) is 1. The predicted molar refractivity (Wildman–Crippen MR) is 122 cm³/mol. The van der Waals surface area contributed by atoms with Gasteiger partial charge in [-0.15, -0.1) is 11.3 Å². The summed E-state index contributed by atoms with van der Waals surface area (Å²) in [5.41, 5.74) is 1.04. The summed E-state index contributed by atoms with van der Waals surface area (Å²) >= 11 is 1.62. The van der Waals surface area contributed by atoms with Crippen molar-refractivity contribution >= 4 is 23.1 Å². The van der Waals surface area contributed by atoms with Gasteiger partial charge in [0.05, 0.1) is 15.6 Å². The molecule has 0 radical (unpaired) electrons. The summed E-state index contributed by atoms with van der Waals surface area (Å²) in [6.45, 7) is 7.89. The van der Waals surface area contributed by atoms with Crippen LogP contribution in [-0.4, -0.2) is 44.9 Å². The second-order valence-corrected chi connectivity index (χ2v) is 10.2. The van der Waals surface area contributed by atoms with Crippen LogP contribution in [0.4, 0.5) is 5.82 Å². The van der Waals surface area contributed by atoms with Crippen LogP contribution in [0.25, 0.3) is 10.7 Å². The minimum absolute atomic E-state index is 0.233. The lowest BCUT2D eigenvalue weighted by molar-refractivity contribution is -0.137. The molecule has 0 unspecified atom stereocenters. The SMILES string of the molecule is Cc1ncc(-c2nc(NC(C)C)cc([C@@H]3CCCN(C(=O)C4CCCCC4)C3)n2)s1. The third kappa shape index (κ3) is 4.99. The summed E-state index contributed by atoms with van der Waals surface area (Å²) in [5.74, 6) is 2.45. The number of thiazole rings is 1. The van der Waals surface area contributed by atoms with Crippen molar-refractivity contribution in [1.29, 1.82) is 0 Å². The van der Waals surface area contributed by atoms with E-state index < -0.39 is 0 Å². The van der Waals surface area contributed by atoms with Crippen LogP contribution in [0.2, 0.25) is 0 Å². The molecule has 4 rings (SSSR count). The summed E-state index contributed by atoms with van der Waals surface area (Å²) in [6.07, 6.45) is 9.75. The lowest BCUT2D eigenvalue weighted by atomic mass is 9.86. The highest BCUT2D eigenvalue weighted by atomic mass is 32.1. The zero-order valence-corrected chi connectivity index (χ0v) is 19.2. The Labute approximate surface area is 183 Å². The predicted octanol–water partition coefficient (Wildman–Crippen LogP) is 5.02. The highest BCUT2D eigenvalue weighted by Gasteiger charge is 2.31. The minimum Gasteiger partial charge on any atom is -0.368 e. The molecule has 3 heterocycles. The van der Waals surface area contributed by atoms with Crippen LogP contribution < -0.4 is 5.32 Å². The van der Waals surface area contributed by atoms with Crippen molar-refractivity contribution in [1.82, 2.24) is 19.9 Å². The molecular weight excluding hydrogens is 394 g/mol. The van der Waals surface area contributed by atoms with Gasteiger partial charge in [-0.05, 0) is 46.5 Å². The number of hydrogen-bond acceptors (Lipinski definition) is 6. The van der Waals surface area contributed by atoms with Crippen LogP contribution in [0, 0.1) is 12.8 Å². The number of likely N-dealkylation sites (tertiary alicyclic amines) is 1. The third-order valence-corrected chi connectivity index (χ3v) is 7.04. The molecule has 1 atom stereocenters. The fourth-order valence-corrected chi connectivity index (χ4v) is 5.36. The van der Waals surface area contributed by atoms with Gasteiger partial charge in [0.1, 0.15) is 5.82 Å². The molecule has 1 saturated carbocycles. The van der Waals surface area contributed by atoms with Crippen molar-refractivity contribution in [3.8, 4) is 10.7 Å². The van der Waals surface area contributed by atoms with Gasteiger partial charge < -0.3 is 10.2 Å². The number of carbonyl (C=O) groups excluding carboxylic acids is 1. The van der Waals surface area contributed by atoms with Crippen LogP contribution in [0.3, 0.4) is 0 Å². The molecule has 1 saturated heterocycles. The van der Waals surface area contributed by atoms with E-state index in [1.807, 2.05) is 13.1 Å². The lowest BCUT2D eigenvalue weighted by Gasteiger charge is -2.36. The molecule has 2 aromatic rings. The molecule has 2 aromatic heterocycles. The Balaban J connectivity index is 1.57. The Bertz CT molecular complexity index is 874. The Morgan fingerprint density at radius 2 is 1.97 bits per heavy atom. The standard InChI is InChI=1S/C23H33N5OS/c1-15(2)25-21-12-19(26-22(27-21)20-13-24-16(3)30-20)18-10-7-11-28(14-18)23(29)17-8-5-4-6-9-17/h12-13,15,17-18H,4-11,14H2,1-3H3,(H,25,26,27)/t18-/m1/s1. The maximum Gasteiger partial charge on any atom is 0.225 e. The van der Waals surface area contributed by atoms with E-state index in [2.05, 4.69) is 35.1 Å². The van der Waals surface area contributed by atoms with Gasteiger partial charge >= 0.3 is 0 Å². The first-order valence-electron chi connectivity index (χ1n) is 11.4. The fraction of sp³-hybridized carbons (Fsp3) is 0.652. The van der Waals surface area contributed by atoms with E-state index in [-0.39, 0.29) is 11.8 Å². The number of amides is 1. The van der Waals surface area contributed by atoms with Crippen molar-refractivity contribution in [2.45, 2.75) is 77.7 Å². The Morgan fingerprint density at radius 1 is 1.17 bits per heavy atom. The van der Waals surface area contributed by atoms with Crippen molar-refractivity contribution in [2.24, 2.45) is 5.92 Å². The maximum absolute atomic E-state index is 13.1. The van der Waals surface area contributed by atoms with E-state index in [0.717, 1.165) is 66.0 Å². The first kappa shape index (κ1) is 21.2. The molecule has 30 heavy (non-hydrogen) atoms. The average molecular weight is 428 g/mol. The van der Waals surface area contributed by atoms with E-state index in [1.54, 1.807) is 11.3 Å². The van der Waals surface area contributed by atoms with Gasteiger partial charge in [-0.3, -0.25) is 4.79 Å². The molecule has 1 N–H and O–H groups in total. The van der Waals surface area contributed by atoms with E-state index >= 15 is 0 Å². The van der Waals surface area contributed by atoms with Crippen LogP contribution in [-0.2, 0) is 4.79 Å². The number of nitrogens with zero attached hydrogens (tertiary/aromatic N) is 4. The second kappa shape index (κ2) is 9.41. The molecule has 0 spiro atoms. The highest BCUT2D eigenvalue weighted by Crippen LogP contribution is 2.32. The monoisotopic (exact) mass is 427 g/mol. The van der Waals surface area contributed by atoms with Gasteiger partial charge in [0.2, 0.25) is 5.91 Å². The topological polar surface area (TPSA) is 71.0 Å². The molecule has 7 heteroatoms. The Morgan fingerprint density at radius 3 is 2.67 bits per heavy atom. The molecule has 162 valence electrons. The number of hydrogen-bond donors (Lipinski definition) is 1. The molecule has 1 amide bonds. The van der Waals surface area contributed by atoms with Crippen molar-refractivity contribution in [3.05, 3.63) is 23.0 Å². The molecule has 2 fully saturated rings. The van der Waals surface area contributed by atoms with Gasteiger partial charge in [0, 0.05) is 43.2 Å². The summed E-state index contributed by atoms with van der Waals surface area (Å²) in [4.78, 5) is 30.3. The van der Waals surface area contributed by atoms with Crippen LogP contribution in [0.1, 0.15) is 75.4 Å². The van der Waals surface area contributed by atoms with E-state index in [0.29, 0.717) is 11.9 Å². The molecular formula is C23H33N5OS. The van der Waals surface area contributed by atoms with Crippen molar-refractivity contribution in [2.75, 3.05) is 18.4 Å². The summed E-state index contributed by atoms with van der Waals surface area (Å²) in [7, 11) is 0. The van der Waals surface area contributed by atoms with Crippen LogP contribution >= 0.6 is 11.3 Å². The molecule has 0 bridgehead atoms. The summed E-state index contributed by atoms with van der Waals surface area (Å²) in [6, 6.07) is 2.37. The zero-order chi connectivity index (χ0) is 21.1. The van der Waals surface area contributed by atoms with Gasteiger partial charge in [0.15, 0.2) is 5.82 Å². The van der Waals surface area contributed by atoms with Gasteiger partial charge in [-0.1, -0.05) is 19.3 Å². The zero-order valence-electron chi connectivity index (χ0n) is 18.4. The summed E-state index contributed by atoms with van der Waals surface area (Å²) < 4.78 is 0. The van der Waals surface area contributed by atoms with E-state index in [9.17, 15) is 4.79 Å². The van der Waals surface area contributed by atoms with Gasteiger partial charge in [-0.2, -0.15) is 0 Å². The highest BCUT2D eigenvalue weighted by molar-refractivity contribution is 7.14. The van der Waals surface area contributed by atoms with Crippen LogP contribution in [0.15, 0.2) is 12.3 Å². The van der Waals surface area contributed by atoms with E-state index in [1.165, 1.54) is 19.3 Å². The van der Waals surface area contributed by atoms with Crippen LogP contribution in [0.5, 0.6) is 0 Å². The number of rotatable bonds is 5. The Hall–Kier alpha value is -2.02. The van der Waals surface area contributed by atoms with Gasteiger partial charge in [-0.25, -0.2) is 15.0 Å². The number of piperidine rings is 1. The number of aromatic nitrogens is 3. The smallest absolute Gasteiger partial charge is 0.225 e. The fourth-order valence-electron chi connectivity index (χ4n) is 4.65. The van der Waals surface area contributed by atoms with Crippen molar-refractivity contribution in [3.63, 3.8) is 0 Å². The van der Waals surface area contributed by atoms with Crippen molar-refractivity contribution < 1.29 is 4.79 Å². The van der Waals surface area contributed by atoms with Gasteiger partial charge in [0.25, 0.3) is 0 Å². The maximum atomic E-state index is 13.1. The first-order chi connectivity index (χ1) is 14.5. The quantitative estimate of drug-likeness (QED) is 0.726. The summed E-state index contributed by atoms with van der Waals surface area (Å²) in [5, 5.41) is 4.45. The minimum atomic E-state index is 0.233. The molecule has 0 aromatic carbocycles. The molecule has 1 aliphatic heterocycles. The largest absolute Gasteiger partial charge is 0.368 e. The average Bonchev–Trinajstić information content (AvgIpc) is 3.19. The van der Waals surface area contributed by atoms with E-state index in [4.69, 9.17) is 9.97 Å². The Kier molecular flexibility index (Phi) is 6.66. The second-order valence-electron chi connectivity index (χ2n) is 9.00. The molecule has 2 aliphatic rings. The molecule has 6 nitrogen and oxygen atoms in total. The molecule has 1 aliphatic carbocycles. The lowest BCUT2D eigenvalue weighted by Crippen LogP contribution is -2.43. The normalized spacial score (nSPS) is 20.5. The number of anilines is 1. The number of carbonyl (C=O) groups is 1. The first-order valence-corrected chi connectivity index (χ1v) is 12.2.